The molecule has 25 heavy (non-hydrogen) atoms. The van der Waals surface area contributed by atoms with Gasteiger partial charge in [0.05, 0.1) is 29.7 Å². The number of hydrogen-bond donors (Lipinski definition) is 0. The molecule has 1 aromatic heterocycles. The molecular weight excluding hydrogens is 339 g/mol. The van der Waals surface area contributed by atoms with E-state index in [0.29, 0.717) is 11.7 Å². The molecule has 0 saturated carbocycles. The second-order valence-electron chi connectivity index (χ2n) is 5.68. The first-order valence-electron chi connectivity index (χ1n) is 7.84. The summed E-state index contributed by atoms with van der Waals surface area (Å²) in [7, 11) is 1.87. The minimum absolute atomic E-state index is 0.261. The predicted molar refractivity (Wildman–Crippen MR) is 99.9 cm³/mol. The average Bonchev–Trinajstić information content (AvgIpc) is 2.89. The van der Waals surface area contributed by atoms with Gasteiger partial charge >= 0.3 is 0 Å². The Bertz CT molecular complexity index is 872. The number of hydrazone groups is 1. The van der Waals surface area contributed by atoms with Crippen LogP contribution in [0.15, 0.2) is 59.7 Å². The molecule has 4 nitrogen and oxygen atoms in total. The van der Waals surface area contributed by atoms with Gasteiger partial charge in [0.25, 0.3) is 0 Å². The molecule has 1 heterocycles. The van der Waals surface area contributed by atoms with E-state index in [1.807, 2.05) is 44.3 Å². The Balaban J connectivity index is 1.79. The Morgan fingerprint density at radius 2 is 1.84 bits per heavy atom. The summed E-state index contributed by atoms with van der Waals surface area (Å²) in [4.78, 5) is 0. The normalized spacial score (nSPS) is 11.2. The fourth-order valence-corrected chi connectivity index (χ4v) is 2.72. The molecule has 0 aliphatic heterocycles. The molecule has 3 rings (SSSR count). The zero-order valence-electron chi connectivity index (χ0n) is 14.0. The summed E-state index contributed by atoms with van der Waals surface area (Å²) in [6, 6.07) is 16.1. The Kier molecular flexibility index (Phi) is 5.14. The van der Waals surface area contributed by atoms with Gasteiger partial charge in [-0.25, -0.2) is 9.07 Å². The number of anilines is 1. The topological polar surface area (TPSA) is 33.4 Å². The van der Waals surface area contributed by atoms with Crippen molar-refractivity contribution in [3.8, 4) is 0 Å². The Labute approximate surface area is 151 Å². The molecule has 0 unspecified atom stereocenters. The van der Waals surface area contributed by atoms with Crippen LogP contribution in [0.5, 0.6) is 0 Å². The molecule has 0 spiro atoms. The van der Waals surface area contributed by atoms with E-state index in [0.717, 1.165) is 22.5 Å². The molecule has 128 valence electrons. The first-order valence-corrected chi connectivity index (χ1v) is 8.22. The maximum Gasteiger partial charge on any atom is 0.136 e. The van der Waals surface area contributed by atoms with Crippen LogP contribution in [0.3, 0.4) is 0 Å². The van der Waals surface area contributed by atoms with Crippen LogP contribution in [0.2, 0.25) is 5.15 Å². The van der Waals surface area contributed by atoms with Crippen molar-refractivity contribution < 1.29 is 4.39 Å². The molecule has 0 amide bonds. The fraction of sp³-hybridized carbons (Fsp3) is 0.158. The third-order valence-corrected chi connectivity index (χ3v) is 4.24. The quantitative estimate of drug-likeness (QED) is 0.498. The van der Waals surface area contributed by atoms with Crippen LogP contribution in [0.4, 0.5) is 10.1 Å². The number of aromatic nitrogens is 2. The minimum atomic E-state index is -0.261. The third kappa shape index (κ3) is 4.06. The molecule has 0 bridgehead atoms. The molecule has 0 radical (unpaired) electrons. The molecular formula is C19H18ClFN4. The fourth-order valence-electron chi connectivity index (χ4n) is 2.44. The number of nitrogens with zero attached hydrogens (tertiary/aromatic N) is 4. The lowest BCUT2D eigenvalue weighted by Crippen LogP contribution is -2.08. The van der Waals surface area contributed by atoms with Crippen LogP contribution in [0, 0.1) is 12.7 Å². The number of aryl methyl sites for hydroxylation is 1. The van der Waals surface area contributed by atoms with Gasteiger partial charge in [0.1, 0.15) is 11.0 Å². The van der Waals surface area contributed by atoms with Gasteiger partial charge in [0.2, 0.25) is 0 Å². The van der Waals surface area contributed by atoms with Crippen LogP contribution in [0.1, 0.15) is 16.8 Å². The SMILES string of the molecule is Cc1nn(Cc2ccc(F)cc2)c(Cl)c1/C=N\N(C)c1ccccc1. The van der Waals surface area contributed by atoms with Crippen molar-refractivity contribution in [2.24, 2.45) is 5.10 Å². The number of rotatable bonds is 5. The van der Waals surface area contributed by atoms with Gasteiger partial charge in [-0.3, -0.25) is 5.01 Å². The molecule has 0 atom stereocenters. The average molecular weight is 357 g/mol. The van der Waals surface area contributed by atoms with Gasteiger partial charge in [0.15, 0.2) is 0 Å². The van der Waals surface area contributed by atoms with Gasteiger partial charge in [-0.15, -0.1) is 0 Å². The molecule has 0 aliphatic carbocycles. The van der Waals surface area contributed by atoms with Crippen LogP contribution < -0.4 is 5.01 Å². The highest BCUT2D eigenvalue weighted by atomic mass is 35.5. The summed E-state index contributed by atoms with van der Waals surface area (Å²) in [6.07, 6.45) is 1.71. The van der Waals surface area contributed by atoms with Gasteiger partial charge < -0.3 is 0 Å². The smallest absolute Gasteiger partial charge is 0.136 e. The summed E-state index contributed by atoms with van der Waals surface area (Å²) in [6.45, 7) is 2.36. The lowest BCUT2D eigenvalue weighted by atomic mass is 10.2. The molecule has 2 aromatic carbocycles. The van der Waals surface area contributed by atoms with Gasteiger partial charge in [-0.2, -0.15) is 10.2 Å². The van der Waals surface area contributed by atoms with Gasteiger partial charge in [0, 0.05) is 7.05 Å². The summed E-state index contributed by atoms with van der Waals surface area (Å²) >= 11 is 6.46. The molecule has 0 N–H and O–H groups in total. The number of benzene rings is 2. The molecule has 0 aliphatic rings. The van der Waals surface area contributed by atoms with Crippen molar-refractivity contribution in [1.82, 2.24) is 9.78 Å². The zero-order chi connectivity index (χ0) is 17.8. The van der Waals surface area contributed by atoms with Crippen molar-refractivity contribution >= 4 is 23.5 Å². The lowest BCUT2D eigenvalue weighted by Gasteiger charge is -2.12. The maximum atomic E-state index is 13.0. The lowest BCUT2D eigenvalue weighted by molar-refractivity contribution is 0.624. The predicted octanol–water partition coefficient (Wildman–Crippen LogP) is 4.50. The van der Waals surface area contributed by atoms with Crippen LogP contribution >= 0.6 is 11.6 Å². The van der Waals surface area contributed by atoms with E-state index in [2.05, 4.69) is 10.2 Å². The number of para-hydroxylation sites is 1. The Hall–Kier alpha value is -2.66. The first-order chi connectivity index (χ1) is 12.0. The van der Waals surface area contributed by atoms with Crippen molar-refractivity contribution in [3.63, 3.8) is 0 Å². The van der Waals surface area contributed by atoms with Crippen LogP contribution in [-0.2, 0) is 6.54 Å². The highest BCUT2D eigenvalue weighted by molar-refractivity contribution is 6.32. The molecule has 6 heteroatoms. The zero-order valence-corrected chi connectivity index (χ0v) is 14.8. The first kappa shape index (κ1) is 17.2. The summed E-state index contributed by atoms with van der Waals surface area (Å²) in [5, 5.41) is 11.2. The van der Waals surface area contributed by atoms with Gasteiger partial charge in [-0.05, 0) is 36.8 Å². The van der Waals surface area contributed by atoms with E-state index >= 15 is 0 Å². The second kappa shape index (κ2) is 7.49. The monoisotopic (exact) mass is 356 g/mol. The van der Waals surface area contributed by atoms with Crippen molar-refractivity contribution in [1.29, 1.82) is 0 Å². The highest BCUT2D eigenvalue weighted by Crippen LogP contribution is 2.20. The van der Waals surface area contributed by atoms with E-state index < -0.39 is 0 Å². The van der Waals surface area contributed by atoms with E-state index in [4.69, 9.17) is 11.6 Å². The van der Waals surface area contributed by atoms with E-state index in [-0.39, 0.29) is 5.82 Å². The number of halogens is 2. The molecule has 0 saturated heterocycles. The van der Waals surface area contributed by atoms with E-state index in [1.165, 1.54) is 12.1 Å². The molecule has 3 aromatic rings. The largest absolute Gasteiger partial charge is 0.269 e. The number of hydrogen-bond acceptors (Lipinski definition) is 3. The minimum Gasteiger partial charge on any atom is -0.269 e. The van der Waals surface area contributed by atoms with Crippen molar-refractivity contribution in [2.45, 2.75) is 13.5 Å². The van der Waals surface area contributed by atoms with E-state index in [9.17, 15) is 4.39 Å². The highest BCUT2D eigenvalue weighted by Gasteiger charge is 2.12. The third-order valence-electron chi connectivity index (χ3n) is 3.84. The second-order valence-corrected chi connectivity index (χ2v) is 6.04. The maximum absolute atomic E-state index is 13.0. The summed E-state index contributed by atoms with van der Waals surface area (Å²) < 4.78 is 14.7. The van der Waals surface area contributed by atoms with Gasteiger partial charge in [-0.1, -0.05) is 41.9 Å². The summed E-state index contributed by atoms with van der Waals surface area (Å²) in [5.41, 5.74) is 3.46. The van der Waals surface area contributed by atoms with Crippen LogP contribution in [0.25, 0.3) is 0 Å². The van der Waals surface area contributed by atoms with Crippen molar-refractivity contribution in [2.75, 3.05) is 12.1 Å². The van der Waals surface area contributed by atoms with E-state index in [1.54, 1.807) is 28.0 Å². The standard InChI is InChI=1S/C19H18ClFN4/c1-14-18(12-22-24(2)17-6-4-3-5-7-17)19(20)25(23-14)13-15-8-10-16(21)11-9-15/h3-12H,13H2,1-2H3/b22-12-. The van der Waals surface area contributed by atoms with Crippen LogP contribution in [-0.4, -0.2) is 23.0 Å². The molecule has 0 fully saturated rings. The Morgan fingerprint density at radius 3 is 2.52 bits per heavy atom. The Morgan fingerprint density at radius 1 is 1.16 bits per heavy atom. The summed E-state index contributed by atoms with van der Waals surface area (Å²) in [5.74, 6) is -0.261. The van der Waals surface area contributed by atoms with Crippen molar-refractivity contribution in [3.05, 3.63) is 82.4 Å².